The molecular formula is C28H23N5O2. The average Bonchev–Trinajstić information content (AvgIpc) is 3.31. The summed E-state index contributed by atoms with van der Waals surface area (Å²) in [5.41, 5.74) is 6.76. The summed E-state index contributed by atoms with van der Waals surface area (Å²) in [6.07, 6.45) is 1.76. The van der Waals surface area contributed by atoms with Gasteiger partial charge in [0.2, 0.25) is 0 Å². The standard InChI is InChI=1S/C28H23N5O2/c1-18-11-12-23(19(2)15-18)27-24(17-33(32-27)22-9-4-3-5-10-22)28(35)29-21-8-6-7-20(16-21)25-13-14-26(34)31-30-25/h3-17H,1-2H3,(H,29,35)(H,31,34). The molecule has 0 aliphatic heterocycles. The maximum Gasteiger partial charge on any atom is 0.264 e. The minimum Gasteiger partial charge on any atom is -0.322 e. The zero-order valence-corrected chi connectivity index (χ0v) is 19.3. The summed E-state index contributed by atoms with van der Waals surface area (Å²) in [5.74, 6) is -0.270. The molecule has 2 aromatic heterocycles. The van der Waals surface area contributed by atoms with Crippen molar-refractivity contribution >= 4 is 11.6 Å². The van der Waals surface area contributed by atoms with Crippen LogP contribution < -0.4 is 10.9 Å². The van der Waals surface area contributed by atoms with Gasteiger partial charge in [-0.05, 0) is 49.7 Å². The van der Waals surface area contributed by atoms with Gasteiger partial charge in [0.25, 0.3) is 11.5 Å². The van der Waals surface area contributed by atoms with Crippen molar-refractivity contribution in [3.63, 3.8) is 0 Å². The first-order chi connectivity index (χ1) is 17.0. The van der Waals surface area contributed by atoms with Gasteiger partial charge < -0.3 is 5.32 Å². The van der Waals surface area contributed by atoms with E-state index >= 15 is 0 Å². The Labute approximate surface area is 202 Å². The van der Waals surface area contributed by atoms with Gasteiger partial charge in [-0.25, -0.2) is 9.78 Å². The van der Waals surface area contributed by atoms with Gasteiger partial charge in [0.15, 0.2) is 0 Å². The lowest BCUT2D eigenvalue weighted by atomic mass is 10.0. The smallest absolute Gasteiger partial charge is 0.264 e. The molecule has 0 spiro atoms. The van der Waals surface area contributed by atoms with Gasteiger partial charge in [0, 0.05) is 29.1 Å². The molecule has 0 bridgehead atoms. The Kier molecular flexibility index (Phi) is 5.81. The van der Waals surface area contributed by atoms with E-state index in [2.05, 4.69) is 21.6 Å². The van der Waals surface area contributed by atoms with Crippen LogP contribution >= 0.6 is 0 Å². The molecule has 2 heterocycles. The van der Waals surface area contributed by atoms with E-state index < -0.39 is 0 Å². The molecule has 0 saturated carbocycles. The first-order valence-electron chi connectivity index (χ1n) is 11.2. The molecule has 0 fully saturated rings. The third kappa shape index (κ3) is 4.65. The van der Waals surface area contributed by atoms with Crippen LogP contribution in [-0.4, -0.2) is 25.9 Å². The normalized spacial score (nSPS) is 10.8. The topological polar surface area (TPSA) is 92.7 Å². The Hall–Kier alpha value is -4.78. The highest BCUT2D eigenvalue weighted by Gasteiger charge is 2.20. The summed E-state index contributed by atoms with van der Waals surface area (Å²) < 4.78 is 1.73. The van der Waals surface area contributed by atoms with Gasteiger partial charge in [-0.3, -0.25) is 9.59 Å². The summed E-state index contributed by atoms with van der Waals surface area (Å²) in [6, 6.07) is 26.2. The van der Waals surface area contributed by atoms with Crippen LogP contribution in [0.25, 0.3) is 28.2 Å². The van der Waals surface area contributed by atoms with Crippen LogP contribution in [0.15, 0.2) is 95.9 Å². The highest BCUT2D eigenvalue weighted by Crippen LogP contribution is 2.29. The van der Waals surface area contributed by atoms with E-state index in [4.69, 9.17) is 5.10 Å². The zero-order chi connectivity index (χ0) is 24.4. The number of rotatable bonds is 5. The molecule has 0 radical (unpaired) electrons. The molecule has 172 valence electrons. The summed E-state index contributed by atoms with van der Waals surface area (Å²) in [4.78, 5) is 24.8. The maximum atomic E-state index is 13.5. The van der Waals surface area contributed by atoms with E-state index in [1.165, 1.54) is 6.07 Å². The lowest BCUT2D eigenvalue weighted by Crippen LogP contribution is -2.12. The molecule has 0 saturated heterocycles. The van der Waals surface area contributed by atoms with Crippen LogP contribution in [0.3, 0.4) is 0 Å². The number of nitrogens with one attached hydrogen (secondary N) is 2. The Bertz CT molecular complexity index is 1560. The van der Waals surface area contributed by atoms with Crippen molar-refractivity contribution in [2.45, 2.75) is 13.8 Å². The van der Waals surface area contributed by atoms with Gasteiger partial charge in [0.05, 0.1) is 16.9 Å². The van der Waals surface area contributed by atoms with Crippen LogP contribution in [0, 0.1) is 13.8 Å². The van der Waals surface area contributed by atoms with Gasteiger partial charge in [-0.1, -0.05) is 54.1 Å². The summed E-state index contributed by atoms with van der Waals surface area (Å²) in [6.45, 7) is 4.06. The molecule has 7 heteroatoms. The first kappa shape index (κ1) is 22.0. The molecule has 2 N–H and O–H groups in total. The number of carbonyl (C=O) groups is 1. The minimum absolute atomic E-state index is 0.270. The van der Waals surface area contributed by atoms with Gasteiger partial charge in [-0.2, -0.15) is 10.2 Å². The van der Waals surface area contributed by atoms with Crippen LogP contribution in [-0.2, 0) is 0 Å². The fourth-order valence-electron chi connectivity index (χ4n) is 3.99. The molecule has 1 amide bonds. The Morgan fingerprint density at radius 3 is 2.49 bits per heavy atom. The SMILES string of the molecule is Cc1ccc(-c2nn(-c3ccccc3)cc2C(=O)Nc2cccc(-c3ccc(=O)[nH]n3)c2)c(C)c1. The third-order valence-corrected chi connectivity index (χ3v) is 5.71. The number of nitrogens with zero attached hydrogens (tertiary/aromatic N) is 3. The number of hydrogen-bond donors (Lipinski definition) is 2. The lowest BCUT2D eigenvalue weighted by molar-refractivity contribution is 0.102. The van der Waals surface area contributed by atoms with E-state index in [-0.39, 0.29) is 11.5 Å². The molecule has 0 atom stereocenters. The van der Waals surface area contributed by atoms with Gasteiger partial charge in [0.1, 0.15) is 5.69 Å². The first-order valence-corrected chi connectivity index (χ1v) is 11.2. The molecular weight excluding hydrogens is 438 g/mol. The molecule has 0 aliphatic carbocycles. The predicted octanol–water partition coefficient (Wildman–Crippen LogP) is 5.16. The van der Waals surface area contributed by atoms with E-state index in [0.717, 1.165) is 27.9 Å². The molecule has 5 aromatic rings. The number of carbonyl (C=O) groups excluding carboxylic acids is 1. The van der Waals surface area contributed by atoms with Crippen molar-refractivity contribution in [2.75, 3.05) is 5.32 Å². The Morgan fingerprint density at radius 1 is 0.914 bits per heavy atom. The molecule has 5 rings (SSSR count). The van der Waals surface area contributed by atoms with Crippen LogP contribution in [0.1, 0.15) is 21.5 Å². The number of anilines is 1. The lowest BCUT2D eigenvalue weighted by Gasteiger charge is -2.09. The minimum atomic E-state index is -0.271. The second-order valence-electron chi connectivity index (χ2n) is 8.33. The molecule has 35 heavy (non-hydrogen) atoms. The van der Waals surface area contributed by atoms with Crippen molar-refractivity contribution in [3.8, 4) is 28.2 Å². The quantitative estimate of drug-likeness (QED) is 0.378. The number of hydrogen-bond acceptors (Lipinski definition) is 4. The average molecular weight is 462 g/mol. The van der Waals surface area contributed by atoms with Crippen molar-refractivity contribution in [2.24, 2.45) is 0 Å². The Morgan fingerprint density at radius 2 is 1.74 bits per heavy atom. The van der Waals surface area contributed by atoms with Crippen molar-refractivity contribution < 1.29 is 4.79 Å². The van der Waals surface area contributed by atoms with Crippen LogP contribution in [0.5, 0.6) is 0 Å². The van der Waals surface area contributed by atoms with Crippen LogP contribution in [0.2, 0.25) is 0 Å². The molecule has 7 nitrogen and oxygen atoms in total. The summed E-state index contributed by atoms with van der Waals surface area (Å²) in [5, 5.41) is 14.3. The summed E-state index contributed by atoms with van der Waals surface area (Å²) >= 11 is 0. The van der Waals surface area contributed by atoms with Gasteiger partial charge >= 0.3 is 0 Å². The fraction of sp³-hybridized carbons (Fsp3) is 0.0714. The van der Waals surface area contributed by atoms with E-state index in [0.29, 0.717) is 22.6 Å². The van der Waals surface area contributed by atoms with Crippen molar-refractivity contribution in [3.05, 3.63) is 118 Å². The van der Waals surface area contributed by atoms with Gasteiger partial charge in [-0.15, -0.1) is 0 Å². The predicted molar refractivity (Wildman–Crippen MR) is 137 cm³/mol. The monoisotopic (exact) mass is 461 g/mol. The maximum absolute atomic E-state index is 13.5. The highest BCUT2D eigenvalue weighted by molar-refractivity contribution is 6.08. The second-order valence-corrected chi connectivity index (χ2v) is 8.33. The fourth-order valence-corrected chi connectivity index (χ4v) is 3.99. The van der Waals surface area contributed by atoms with E-state index in [1.807, 2.05) is 80.6 Å². The number of aromatic nitrogens is 4. The number of para-hydroxylation sites is 1. The number of aryl methyl sites for hydroxylation is 2. The largest absolute Gasteiger partial charge is 0.322 e. The highest BCUT2D eigenvalue weighted by atomic mass is 16.1. The number of benzene rings is 3. The molecule has 3 aromatic carbocycles. The Balaban J connectivity index is 1.53. The number of H-pyrrole nitrogens is 1. The number of amides is 1. The van der Waals surface area contributed by atoms with Crippen LogP contribution in [0.4, 0.5) is 5.69 Å². The van der Waals surface area contributed by atoms with E-state index in [1.54, 1.807) is 16.9 Å². The summed E-state index contributed by atoms with van der Waals surface area (Å²) in [7, 11) is 0. The van der Waals surface area contributed by atoms with E-state index in [9.17, 15) is 9.59 Å². The molecule has 0 unspecified atom stereocenters. The molecule has 0 aliphatic rings. The third-order valence-electron chi connectivity index (χ3n) is 5.71. The zero-order valence-electron chi connectivity index (χ0n) is 19.3. The van der Waals surface area contributed by atoms with Crippen molar-refractivity contribution in [1.82, 2.24) is 20.0 Å². The second kappa shape index (κ2) is 9.23. The van der Waals surface area contributed by atoms with Crippen molar-refractivity contribution in [1.29, 1.82) is 0 Å². The number of aromatic amines is 1.